The van der Waals surface area contributed by atoms with E-state index in [1.807, 2.05) is 12.1 Å². The molecule has 0 radical (unpaired) electrons. The quantitative estimate of drug-likeness (QED) is 0.641. The van der Waals surface area contributed by atoms with Gasteiger partial charge in [-0.05, 0) is 30.5 Å². The third-order valence-electron chi connectivity index (χ3n) is 3.65. The number of aromatic nitrogens is 1. The first-order valence-electron chi connectivity index (χ1n) is 6.49. The van der Waals surface area contributed by atoms with Gasteiger partial charge in [-0.15, -0.1) is 0 Å². The molecular formula is C15H21N3. The standard InChI is InChI=1S/C15H21N3/c1-4-10(2)15(18-16)14-9-11(3)12-7-5-6-8-13(12)17-14/h5-10,15,18H,4,16H2,1-3H3. The van der Waals surface area contributed by atoms with E-state index in [1.54, 1.807) is 0 Å². The van der Waals surface area contributed by atoms with E-state index in [0.717, 1.165) is 17.6 Å². The zero-order valence-electron chi connectivity index (χ0n) is 11.3. The van der Waals surface area contributed by atoms with Gasteiger partial charge in [0.25, 0.3) is 0 Å². The van der Waals surface area contributed by atoms with Crippen LogP contribution in [-0.2, 0) is 0 Å². The number of hydrazine groups is 1. The Labute approximate surface area is 108 Å². The second-order valence-electron chi connectivity index (χ2n) is 4.91. The van der Waals surface area contributed by atoms with Crippen molar-refractivity contribution in [1.29, 1.82) is 0 Å². The van der Waals surface area contributed by atoms with Crippen LogP contribution in [0.4, 0.5) is 0 Å². The molecule has 0 fully saturated rings. The van der Waals surface area contributed by atoms with Gasteiger partial charge < -0.3 is 0 Å². The Balaban J connectivity index is 2.51. The smallest absolute Gasteiger partial charge is 0.0708 e. The third kappa shape index (κ3) is 2.37. The minimum Gasteiger partial charge on any atom is -0.271 e. The Hall–Kier alpha value is -1.45. The fourth-order valence-electron chi connectivity index (χ4n) is 2.31. The average Bonchev–Trinajstić information content (AvgIpc) is 2.39. The molecule has 2 aromatic rings. The van der Waals surface area contributed by atoms with Crippen molar-refractivity contribution in [1.82, 2.24) is 10.4 Å². The number of nitrogens with zero attached hydrogens (tertiary/aromatic N) is 1. The van der Waals surface area contributed by atoms with Gasteiger partial charge in [-0.3, -0.25) is 16.3 Å². The van der Waals surface area contributed by atoms with Gasteiger partial charge in [0.15, 0.2) is 0 Å². The number of para-hydroxylation sites is 1. The lowest BCUT2D eigenvalue weighted by molar-refractivity contribution is 0.376. The largest absolute Gasteiger partial charge is 0.271 e. The van der Waals surface area contributed by atoms with Gasteiger partial charge in [0.1, 0.15) is 0 Å². The van der Waals surface area contributed by atoms with E-state index in [-0.39, 0.29) is 6.04 Å². The highest BCUT2D eigenvalue weighted by atomic mass is 15.2. The summed E-state index contributed by atoms with van der Waals surface area (Å²) in [5, 5.41) is 1.21. The molecule has 2 atom stereocenters. The second kappa shape index (κ2) is 5.46. The molecule has 0 amide bonds. The monoisotopic (exact) mass is 243 g/mol. The summed E-state index contributed by atoms with van der Waals surface area (Å²) in [5.74, 6) is 6.15. The molecule has 0 spiro atoms. The number of hydrogen-bond donors (Lipinski definition) is 2. The van der Waals surface area contributed by atoms with Crippen molar-refractivity contribution < 1.29 is 0 Å². The molecule has 2 rings (SSSR count). The highest BCUT2D eigenvalue weighted by molar-refractivity contribution is 5.82. The molecule has 0 saturated heterocycles. The fourth-order valence-corrected chi connectivity index (χ4v) is 2.31. The molecule has 0 aliphatic carbocycles. The fraction of sp³-hybridized carbons (Fsp3) is 0.400. The summed E-state index contributed by atoms with van der Waals surface area (Å²) in [7, 11) is 0. The van der Waals surface area contributed by atoms with Crippen LogP contribution in [0.15, 0.2) is 30.3 Å². The number of benzene rings is 1. The summed E-state index contributed by atoms with van der Waals surface area (Å²) in [6.07, 6.45) is 1.07. The molecule has 3 N–H and O–H groups in total. The van der Waals surface area contributed by atoms with Gasteiger partial charge >= 0.3 is 0 Å². The number of nitrogens with one attached hydrogen (secondary N) is 1. The first kappa shape index (κ1) is 13.0. The van der Waals surface area contributed by atoms with Crippen molar-refractivity contribution in [2.24, 2.45) is 11.8 Å². The van der Waals surface area contributed by atoms with Gasteiger partial charge in [-0.1, -0.05) is 38.5 Å². The van der Waals surface area contributed by atoms with E-state index in [0.29, 0.717) is 5.92 Å². The van der Waals surface area contributed by atoms with Crippen LogP contribution in [-0.4, -0.2) is 4.98 Å². The zero-order valence-corrected chi connectivity index (χ0v) is 11.3. The third-order valence-corrected chi connectivity index (χ3v) is 3.65. The molecular weight excluding hydrogens is 222 g/mol. The summed E-state index contributed by atoms with van der Waals surface area (Å²) < 4.78 is 0. The predicted octanol–water partition coefficient (Wildman–Crippen LogP) is 3.09. The Morgan fingerprint density at radius 3 is 2.72 bits per heavy atom. The maximum Gasteiger partial charge on any atom is 0.0708 e. The van der Waals surface area contributed by atoms with Crippen molar-refractivity contribution in [3.63, 3.8) is 0 Å². The van der Waals surface area contributed by atoms with Gasteiger partial charge in [-0.2, -0.15) is 0 Å². The van der Waals surface area contributed by atoms with Gasteiger partial charge in [0, 0.05) is 5.39 Å². The molecule has 3 nitrogen and oxygen atoms in total. The van der Waals surface area contributed by atoms with E-state index in [2.05, 4.69) is 44.4 Å². The molecule has 1 heterocycles. The second-order valence-corrected chi connectivity index (χ2v) is 4.91. The molecule has 0 bridgehead atoms. The lowest BCUT2D eigenvalue weighted by Gasteiger charge is -2.22. The van der Waals surface area contributed by atoms with Crippen LogP contribution < -0.4 is 11.3 Å². The molecule has 1 aromatic carbocycles. The number of nitrogens with two attached hydrogens (primary N) is 1. The summed E-state index contributed by atoms with van der Waals surface area (Å²) in [5.41, 5.74) is 6.22. The van der Waals surface area contributed by atoms with Crippen molar-refractivity contribution in [2.75, 3.05) is 0 Å². The maximum atomic E-state index is 5.69. The van der Waals surface area contributed by atoms with Crippen molar-refractivity contribution >= 4 is 10.9 Å². The Kier molecular flexibility index (Phi) is 3.94. The van der Waals surface area contributed by atoms with E-state index in [1.165, 1.54) is 10.9 Å². The number of aryl methyl sites for hydroxylation is 1. The number of hydrogen-bond acceptors (Lipinski definition) is 3. The number of pyridine rings is 1. The number of fused-ring (bicyclic) bond motifs is 1. The molecule has 0 saturated carbocycles. The van der Waals surface area contributed by atoms with Crippen LogP contribution in [0.1, 0.15) is 37.6 Å². The predicted molar refractivity (Wildman–Crippen MR) is 76.0 cm³/mol. The molecule has 3 heteroatoms. The van der Waals surface area contributed by atoms with Crippen LogP contribution in [0.5, 0.6) is 0 Å². The Morgan fingerprint density at radius 1 is 1.33 bits per heavy atom. The Morgan fingerprint density at radius 2 is 2.06 bits per heavy atom. The molecule has 18 heavy (non-hydrogen) atoms. The number of rotatable bonds is 4. The lowest BCUT2D eigenvalue weighted by atomic mass is 9.95. The van der Waals surface area contributed by atoms with Crippen LogP contribution in [0.2, 0.25) is 0 Å². The Bertz CT molecular complexity index is 536. The van der Waals surface area contributed by atoms with Crippen LogP contribution in [0.3, 0.4) is 0 Å². The van der Waals surface area contributed by atoms with Gasteiger partial charge in [0.2, 0.25) is 0 Å². The van der Waals surface area contributed by atoms with Gasteiger partial charge in [0.05, 0.1) is 17.3 Å². The molecule has 1 aromatic heterocycles. The molecule has 2 unspecified atom stereocenters. The van der Waals surface area contributed by atoms with E-state index in [9.17, 15) is 0 Å². The molecule has 0 aliphatic heterocycles. The first-order chi connectivity index (χ1) is 8.67. The minimum absolute atomic E-state index is 0.110. The molecule has 96 valence electrons. The highest BCUT2D eigenvalue weighted by Gasteiger charge is 2.18. The van der Waals surface area contributed by atoms with Crippen LogP contribution in [0.25, 0.3) is 10.9 Å². The maximum absolute atomic E-state index is 5.69. The van der Waals surface area contributed by atoms with Crippen LogP contribution >= 0.6 is 0 Å². The minimum atomic E-state index is 0.110. The SMILES string of the molecule is CCC(C)C(NN)c1cc(C)c2ccccc2n1. The summed E-state index contributed by atoms with van der Waals surface area (Å²) in [6.45, 7) is 6.48. The van der Waals surface area contributed by atoms with E-state index >= 15 is 0 Å². The zero-order chi connectivity index (χ0) is 13.1. The summed E-state index contributed by atoms with van der Waals surface area (Å²) in [6, 6.07) is 10.5. The van der Waals surface area contributed by atoms with Crippen molar-refractivity contribution in [3.05, 3.63) is 41.6 Å². The highest BCUT2D eigenvalue weighted by Crippen LogP contribution is 2.26. The van der Waals surface area contributed by atoms with Crippen molar-refractivity contribution in [2.45, 2.75) is 33.2 Å². The first-order valence-corrected chi connectivity index (χ1v) is 6.49. The average molecular weight is 243 g/mol. The lowest BCUT2D eigenvalue weighted by Crippen LogP contribution is -2.33. The normalized spacial score (nSPS) is 14.7. The topological polar surface area (TPSA) is 50.9 Å². The van der Waals surface area contributed by atoms with E-state index in [4.69, 9.17) is 10.8 Å². The van der Waals surface area contributed by atoms with E-state index < -0.39 is 0 Å². The van der Waals surface area contributed by atoms with Crippen molar-refractivity contribution in [3.8, 4) is 0 Å². The van der Waals surface area contributed by atoms with Crippen LogP contribution in [0, 0.1) is 12.8 Å². The molecule has 0 aliphatic rings. The summed E-state index contributed by atoms with van der Waals surface area (Å²) >= 11 is 0. The summed E-state index contributed by atoms with van der Waals surface area (Å²) in [4.78, 5) is 4.73. The van der Waals surface area contributed by atoms with Gasteiger partial charge in [-0.25, -0.2) is 0 Å².